The minimum atomic E-state index is -0.483. The minimum Gasteiger partial charge on any atom is -0.292 e. The number of thiophene rings is 1. The van der Waals surface area contributed by atoms with Gasteiger partial charge in [-0.15, -0.1) is 11.3 Å². The van der Waals surface area contributed by atoms with E-state index in [-0.39, 0.29) is 5.78 Å². The summed E-state index contributed by atoms with van der Waals surface area (Å²) in [5.74, 6) is -0.132. The van der Waals surface area contributed by atoms with E-state index in [0.717, 1.165) is 4.88 Å². The van der Waals surface area contributed by atoms with Crippen LogP contribution in [0.3, 0.4) is 0 Å². The quantitative estimate of drug-likeness (QED) is 0.731. The SMILES string of the molecule is Cc1ccc(C(=O)C(C#N)CC(C)C)s1. The van der Waals surface area contributed by atoms with Gasteiger partial charge in [-0.25, -0.2) is 0 Å². The fraction of sp³-hybridized carbons (Fsp3) is 0.500. The van der Waals surface area contributed by atoms with Gasteiger partial charge in [0.15, 0.2) is 5.78 Å². The summed E-state index contributed by atoms with van der Waals surface area (Å²) in [6, 6.07) is 5.83. The molecule has 80 valence electrons. The maximum atomic E-state index is 11.9. The molecule has 0 aliphatic carbocycles. The summed E-state index contributed by atoms with van der Waals surface area (Å²) >= 11 is 1.47. The van der Waals surface area contributed by atoms with E-state index in [1.807, 2.05) is 32.9 Å². The molecular formula is C12H15NOS. The lowest BCUT2D eigenvalue weighted by Gasteiger charge is -2.08. The summed E-state index contributed by atoms with van der Waals surface area (Å²) in [6.07, 6.45) is 0.645. The number of nitriles is 1. The Labute approximate surface area is 94.5 Å². The van der Waals surface area contributed by atoms with Crippen LogP contribution in [0.1, 0.15) is 34.8 Å². The normalized spacial score (nSPS) is 12.5. The average molecular weight is 221 g/mol. The van der Waals surface area contributed by atoms with Crippen LogP contribution >= 0.6 is 11.3 Å². The van der Waals surface area contributed by atoms with Gasteiger partial charge >= 0.3 is 0 Å². The Bertz CT molecular complexity index is 387. The van der Waals surface area contributed by atoms with Crippen LogP contribution in [0.4, 0.5) is 0 Å². The van der Waals surface area contributed by atoms with Crippen molar-refractivity contribution in [1.29, 1.82) is 5.26 Å². The van der Waals surface area contributed by atoms with E-state index in [0.29, 0.717) is 17.2 Å². The lowest BCUT2D eigenvalue weighted by Crippen LogP contribution is -2.14. The first kappa shape index (κ1) is 11.9. The van der Waals surface area contributed by atoms with E-state index < -0.39 is 5.92 Å². The van der Waals surface area contributed by atoms with Crippen molar-refractivity contribution in [3.8, 4) is 6.07 Å². The number of hydrogen-bond donors (Lipinski definition) is 0. The molecule has 3 heteroatoms. The summed E-state index contributed by atoms with van der Waals surface area (Å²) in [5.41, 5.74) is 0. The molecule has 0 saturated heterocycles. The van der Waals surface area contributed by atoms with Gasteiger partial charge in [-0.05, 0) is 31.4 Å². The van der Waals surface area contributed by atoms with Gasteiger partial charge in [-0.2, -0.15) is 5.26 Å². The van der Waals surface area contributed by atoms with Crippen LogP contribution in [0.15, 0.2) is 12.1 Å². The number of carbonyl (C=O) groups excluding carboxylic acids is 1. The molecule has 0 amide bonds. The van der Waals surface area contributed by atoms with Crippen molar-refractivity contribution in [2.24, 2.45) is 11.8 Å². The second-order valence-corrected chi connectivity index (χ2v) is 5.37. The first-order valence-corrected chi connectivity index (χ1v) is 5.86. The summed E-state index contributed by atoms with van der Waals surface area (Å²) in [4.78, 5) is 13.7. The number of rotatable bonds is 4. The molecular weight excluding hydrogens is 206 g/mol. The lowest BCUT2D eigenvalue weighted by atomic mass is 9.94. The van der Waals surface area contributed by atoms with E-state index >= 15 is 0 Å². The number of hydrogen-bond acceptors (Lipinski definition) is 3. The monoisotopic (exact) mass is 221 g/mol. The Morgan fingerprint density at radius 2 is 2.20 bits per heavy atom. The highest BCUT2D eigenvalue weighted by Gasteiger charge is 2.21. The van der Waals surface area contributed by atoms with E-state index in [2.05, 4.69) is 6.07 Å². The molecule has 1 unspecified atom stereocenters. The van der Waals surface area contributed by atoms with Gasteiger partial charge in [-0.3, -0.25) is 4.79 Å². The maximum absolute atomic E-state index is 11.9. The molecule has 1 heterocycles. The molecule has 0 fully saturated rings. The molecule has 0 spiro atoms. The summed E-state index contributed by atoms with van der Waals surface area (Å²) in [5, 5.41) is 8.95. The Morgan fingerprint density at radius 1 is 1.53 bits per heavy atom. The van der Waals surface area contributed by atoms with Gasteiger partial charge in [0.05, 0.1) is 10.9 Å². The Morgan fingerprint density at radius 3 is 2.60 bits per heavy atom. The third kappa shape index (κ3) is 3.17. The van der Waals surface area contributed by atoms with Crippen molar-refractivity contribution in [2.75, 3.05) is 0 Å². The van der Waals surface area contributed by atoms with Crippen LogP contribution in [-0.4, -0.2) is 5.78 Å². The highest BCUT2D eigenvalue weighted by molar-refractivity contribution is 7.14. The van der Waals surface area contributed by atoms with E-state index in [9.17, 15) is 4.79 Å². The molecule has 0 N–H and O–H groups in total. The Kier molecular flexibility index (Phi) is 4.05. The molecule has 0 aromatic carbocycles. The summed E-state index contributed by atoms with van der Waals surface area (Å²) in [6.45, 7) is 6.01. The zero-order valence-electron chi connectivity index (χ0n) is 9.28. The molecule has 0 aliphatic heterocycles. The Hall–Kier alpha value is -1.14. The molecule has 1 aromatic heterocycles. The van der Waals surface area contributed by atoms with E-state index in [1.54, 1.807) is 0 Å². The zero-order valence-corrected chi connectivity index (χ0v) is 10.1. The van der Waals surface area contributed by atoms with Crippen LogP contribution in [-0.2, 0) is 0 Å². The van der Waals surface area contributed by atoms with Crippen LogP contribution in [0.2, 0.25) is 0 Å². The van der Waals surface area contributed by atoms with Gasteiger partial charge in [0.1, 0.15) is 5.92 Å². The Balaban J connectivity index is 2.79. The standard InChI is InChI=1S/C12H15NOS/c1-8(2)6-10(7-13)12(14)11-5-4-9(3)15-11/h4-5,8,10H,6H2,1-3H3. The summed E-state index contributed by atoms with van der Waals surface area (Å²) < 4.78 is 0. The van der Waals surface area contributed by atoms with Crippen molar-refractivity contribution in [2.45, 2.75) is 27.2 Å². The number of aryl methyl sites for hydroxylation is 1. The number of Topliss-reactive ketones (excluding diaryl/α,β-unsaturated/α-hetero) is 1. The topological polar surface area (TPSA) is 40.9 Å². The first-order chi connectivity index (χ1) is 7.04. The smallest absolute Gasteiger partial charge is 0.189 e. The van der Waals surface area contributed by atoms with Crippen molar-refractivity contribution in [1.82, 2.24) is 0 Å². The van der Waals surface area contributed by atoms with E-state index in [1.165, 1.54) is 11.3 Å². The molecule has 1 rings (SSSR count). The van der Waals surface area contributed by atoms with Crippen LogP contribution in [0.5, 0.6) is 0 Å². The van der Waals surface area contributed by atoms with Crippen molar-refractivity contribution >= 4 is 17.1 Å². The molecule has 0 saturated carbocycles. The zero-order chi connectivity index (χ0) is 11.4. The fourth-order valence-corrected chi connectivity index (χ4v) is 2.29. The van der Waals surface area contributed by atoms with Gasteiger partial charge in [0.25, 0.3) is 0 Å². The minimum absolute atomic E-state index is 0.0238. The highest BCUT2D eigenvalue weighted by atomic mass is 32.1. The van der Waals surface area contributed by atoms with E-state index in [4.69, 9.17) is 5.26 Å². The van der Waals surface area contributed by atoms with Gasteiger partial charge in [0.2, 0.25) is 0 Å². The maximum Gasteiger partial charge on any atom is 0.189 e. The third-order valence-corrected chi connectivity index (χ3v) is 3.18. The predicted molar refractivity (Wildman–Crippen MR) is 61.9 cm³/mol. The van der Waals surface area contributed by atoms with Crippen LogP contribution in [0, 0.1) is 30.1 Å². The molecule has 2 nitrogen and oxygen atoms in total. The van der Waals surface area contributed by atoms with Crippen LogP contribution in [0.25, 0.3) is 0 Å². The second-order valence-electron chi connectivity index (χ2n) is 4.09. The molecule has 0 bridgehead atoms. The second kappa shape index (κ2) is 5.09. The molecule has 0 radical (unpaired) electrons. The number of ketones is 1. The molecule has 15 heavy (non-hydrogen) atoms. The van der Waals surface area contributed by atoms with Gasteiger partial charge < -0.3 is 0 Å². The average Bonchev–Trinajstić information content (AvgIpc) is 2.60. The molecule has 1 atom stereocenters. The number of nitrogens with zero attached hydrogens (tertiary/aromatic N) is 1. The largest absolute Gasteiger partial charge is 0.292 e. The fourth-order valence-electron chi connectivity index (χ4n) is 1.43. The van der Waals surface area contributed by atoms with Gasteiger partial charge in [-0.1, -0.05) is 13.8 Å². The van der Waals surface area contributed by atoms with Crippen molar-refractivity contribution < 1.29 is 4.79 Å². The highest BCUT2D eigenvalue weighted by Crippen LogP contribution is 2.22. The van der Waals surface area contributed by atoms with Crippen molar-refractivity contribution in [3.05, 3.63) is 21.9 Å². The van der Waals surface area contributed by atoms with Crippen molar-refractivity contribution in [3.63, 3.8) is 0 Å². The molecule has 1 aromatic rings. The van der Waals surface area contributed by atoms with Crippen LogP contribution < -0.4 is 0 Å². The lowest BCUT2D eigenvalue weighted by molar-refractivity contribution is 0.0941. The van der Waals surface area contributed by atoms with Gasteiger partial charge in [0, 0.05) is 4.88 Å². The predicted octanol–water partition coefficient (Wildman–Crippen LogP) is 3.43. The first-order valence-electron chi connectivity index (χ1n) is 5.05. The summed E-state index contributed by atoms with van der Waals surface area (Å²) in [7, 11) is 0. The molecule has 0 aliphatic rings. The number of carbonyl (C=O) groups is 1. The third-order valence-electron chi connectivity index (χ3n) is 2.16.